The molecule has 1 aliphatic heterocycles. The summed E-state index contributed by atoms with van der Waals surface area (Å²) in [6.07, 6.45) is 0.800. The number of anilines is 1. The van der Waals surface area contributed by atoms with Crippen LogP contribution in [0.25, 0.3) is 0 Å². The molecule has 1 N–H and O–H groups in total. The molecule has 33 heavy (non-hydrogen) atoms. The second-order valence-electron chi connectivity index (χ2n) is 9.57. The molecule has 2 aromatic rings. The Bertz CT molecular complexity index is 924. The number of rotatable bonds is 8. The maximum Gasteiger partial charge on any atom is 0.254 e. The van der Waals surface area contributed by atoms with E-state index in [2.05, 4.69) is 36.0 Å². The van der Waals surface area contributed by atoms with Crippen molar-refractivity contribution < 1.29 is 14.3 Å². The summed E-state index contributed by atoms with van der Waals surface area (Å²) in [4.78, 5) is 35.5. The molecule has 0 atom stereocenters. The first-order chi connectivity index (χ1) is 15.6. The first kappa shape index (κ1) is 25.3. The lowest BCUT2D eigenvalue weighted by Crippen LogP contribution is -2.41. The lowest BCUT2D eigenvalue weighted by Gasteiger charge is -2.28. The number of ether oxygens (including phenoxy) is 1. The summed E-state index contributed by atoms with van der Waals surface area (Å²) in [6.45, 7) is 15.0. The number of amides is 2. The molecule has 180 valence electrons. The van der Waals surface area contributed by atoms with Crippen molar-refractivity contribution in [2.24, 2.45) is 0 Å². The van der Waals surface area contributed by atoms with E-state index in [1.165, 1.54) is 16.9 Å². The van der Waals surface area contributed by atoms with Crippen molar-refractivity contribution in [3.8, 4) is 0 Å². The molecule has 8 heteroatoms. The SMILES string of the molecule is Cc1nc(NC(=O)CN(CCCN2CCOCC2)C(=O)c2ccc(C(C)(C)C)cc2)sc1C. The Labute approximate surface area is 201 Å². The van der Waals surface area contributed by atoms with E-state index in [4.69, 9.17) is 4.74 Å². The van der Waals surface area contributed by atoms with Crippen molar-refractivity contribution in [1.82, 2.24) is 14.8 Å². The van der Waals surface area contributed by atoms with Gasteiger partial charge in [0.05, 0.1) is 18.9 Å². The summed E-state index contributed by atoms with van der Waals surface area (Å²) in [5, 5.41) is 3.43. The molecule has 0 spiro atoms. The maximum atomic E-state index is 13.3. The van der Waals surface area contributed by atoms with Gasteiger partial charge in [-0.1, -0.05) is 32.9 Å². The van der Waals surface area contributed by atoms with Gasteiger partial charge in [-0.3, -0.25) is 14.5 Å². The molecule has 0 aliphatic carbocycles. The monoisotopic (exact) mass is 472 g/mol. The van der Waals surface area contributed by atoms with Gasteiger partial charge in [-0.25, -0.2) is 4.98 Å². The van der Waals surface area contributed by atoms with Gasteiger partial charge in [0.2, 0.25) is 5.91 Å². The van der Waals surface area contributed by atoms with Crippen molar-refractivity contribution in [3.05, 3.63) is 46.0 Å². The zero-order valence-corrected chi connectivity index (χ0v) is 21.3. The van der Waals surface area contributed by atoms with Gasteiger partial charge in [0.1, 0.15) is 6.54 Å². The maximum absolute atomic E-state index is 13.3. The molecule has 0 unspecified atom stereocenters. The predicted octanol–water partition coefficient (Wildman–Crippen LogP) is 3.86. The average Bonchev–Trinajstić information content (AvgIpc) is 3.09. The van der Waals surface area contributed by atoms with Crippen LogP contribution in [0.3, 0.4) is 0 Å². The number of carbonyl (C=O) groups excluding carboxylic acids is 2. The van der Waals surface area contributed by atoms with Crippen LogP contribution in [0, 0.1) is 13.8 Å². The highest BCUT2D eigenvalue weighted by atomic mass is 32.1. The van der Waals surface area contributed by atoms with E-state index >= 15 is 0 Å². The molecule has 0 radical (unpaired) electrons. The van der Waals surface area contributed by atoms with Crippen LogP contribution in [-0.2, 0) is 14.9 Å². The standard InChI is InChI=1S/C25H36N4O3S/c1-18-19(2)33-24(26-18)27-22(30)17-29(12-6-11-28-13-15-32-16-14-28)23(31)20-7-9-21(10-8-20)25(3,4)5/h7-10H,6,11-17H2,1-5H3,(H,26,27,30). The normalized spacial score (nSPS) is 14.8. The molecule has 3 rings (SSSR count). The van der Waals surface area contributed by atoms with Crippen molar-refractivity contribution in [2.45, 2.75) is 46.5 Å². The van der Waals surface area contributed by atoms with Crippen LogP contribution < -0.4 is 5.32 Å². The minimum absolute atomic E-state index is 0.000637. The number of hydrogen-bond acceptors (Lipinski definition) is 6. The van der Waals surface area contributed by atoms with Crippen LogP contribution in [-0.4, -0.2) is 72.5 Å². The van der Waals surface area contributed by atoms with Crippen molar-refractivity contribution in [1.29, 1.82) is 0 Å². The zero-order chi connectivity index (χ0) is 24.0. The average molecular weight is 473 g/mol. The Hall–Kier alpha value is -2.29. The fourth-order valence-electron chi connectivity index (χ4n) is 3.72. The highest BCUT2D eigenvalue weighted by molar-refractivity contribution is 7.15. The van der Waals surface area contributed by atoms with Gasteiger partial charge in [-0.15, -0.1) is 11.3 Å². The first-order valence-corrected chi connectivity index (χ1v) is 12.4. The van der Waals surface area contributed by atoms with Crippen LogP contribution >= 0.6 is 11.3 Å². The summed E-state index contributed by atoms with van der Waals surface area (Å²) in [5.41, 5.74) is 2.70. The largest absolute Gasteiger partial charge is 0.379 e. The molecule has 1 aromatic heterocycles. The van der Waals surface area contributed by atoms with Gasteiger partial charge in [-0.05, 0) is 43.4 Å². The van der Waals surface area contributed by atoms with Gasteiger partial charge < -0.3 is 15.0 Å². The van der Waals surface area contributed by atoms with E-state index in [-0.39, 0.29) is 23.8 Å². The number of aromatic nitrogens is 1. The number of thiazole rings is 1. The number of nitrogens with zero attached hydrogens (tertiary/aromatic N) is 3. The molecule has 0 saturated carbocycles. The number of benzene rings is 1. The van der Waals surface area contributed by atoms with E-state index in [0.717, 1.165) is 49.8 Å². The predicted molar refractivity (Wildman–Crippen MR) is 133 cm³/mol. The summed E-state index contributed by atoms with van der Waals surface area (Å²) < 4.78 is 5.41. The lowest BCUT2D eigenvalue weighted by atomic mass is 9.86. The van der Waals surface area contributed by atoms with Gasteiger partial charge in [0, 0.05) is 36.6 Å². The van der Waals surface area contributed by atoms with E-state index in [0.29, 0.717) is 17.2 Å². The minimum atomic E-state index is -0.227. The topological polar surface area (TPSA) is 74.8 Å². The Morgan fingerprint density at radius 1 is 1.15 bits per heavy atom. The highest BCUT2D eigenvalue weighted by Crippen LogP contribution is 2.23. The summed E-state index contributed by atoms with van der Waals surface area (Å²) in [7, 11) is 0. The number of carbonyl (C=O) groups is 2. The molecule has 1 aliphatic rings. The molecule has 0 bridgehead atoms. The minimum Gasteiger partial charge on any atom is -0.379 e. The van der Waals surface area contributed by atoms with Crippen molar-refractivity contribution >= 4 is 28.3 Å². The molecule has 1 fully saturated rings. The molecule has 2 heterocycles. The van der Waals surface area contributed by atoms with Gasteiger partial charge in [-0.2, -0.15) is 0 Å². The number of hydrogen-bond donors (Lipinski definition) is 1. The summed E-state index contributed by atoms with van der Waals surface area (Å²) in [6, 6.07) is 7.73. The van der Waals surface area contributed by atoms with Crippen LogP contribution in [0.5, 0.6) is 0 Å². The molecule has 7 nitrogen and oxygen atoms in total. The second-order valence-corrected chi connectivity index (χ2v) is 10.8. The van der Waals surface area contributed by atoms with Crippen molar-refractivity contribution in [3.63, 3.8) is 0 Å². The molecule has 1 saturated heterocycles. The highest BCUT2D eigenvalue weighted by Gasteiger charge is 2.21. The Morgan fingerprint density at radius 2 is 1.82 bits per heavy atom. The third kappa shape index (κ3) is 7.35. The Balaban J connectivity index is 1.67. The Kier molecular flexibility index (Phi) is 8.62. The smallest absolute Gasteiger partial charge is 0.254 e. The molecule has 1 aromatic carbocycles. The van der Waals surface area contributed by atoms with Crippen molar-refractivity contribution in [2.75, 3.05) is 51.3 Å². The van der Waals surface area contributed by atoms with E-state index in [1.807, 2.05) is 38.1 Å². The van der Waals surface area contributed by atoms with Gasteiger partial charge >= 0.3 is 0 Å². The lowest BCUT2D eigenvalue weighted by molar-refractivity contribution is -0.116. The number of nitrogens with one attached hydrogen (secondary N) is 1. The second kappa shape index (κ2) is 11.2. The van der Waals surface area contributed by atoms with E-state index < -0.39 is 0 Å². The van der Waals surface area contributed by atoms with E-state index in [1.54, 1.807) is 4.90 Å². The first-order valence-electron chi connectivity index (χ1n) is 11.6. The van der Waals surface area contributed by atoms with E-state index in [9.17, 15) is 9.59 Å². The zero-order valence-electron chi connectivity index (χ0n) is 20.4. The number of morpholine rings is 1. The van der Waals surface area contributed by atoms with Crippen LogP contribution in [0.4, 0.5) is 5.13 Å². The fraction of sp³-hybridized carbons (Fsp3) is 0.560. The number of aryl methyl sites for hydroxylation is 2. The summed E-state index contributed by atoms with van der Waals surface area (Å²) >= 11 is 1.45. The third-order valence-corrected chi connectivity index (χ3v) is 6.89. The molecule has 2 amide bonds. The summed E-state index contributed by atoms with van der Waals surface area (Å²) in [5.74, 6) is -0.353. The van der Waals surface area contributed by atoms with Gasteiger partial charge in [0.15, 0.2) is 5.13 Å². The third-order valence-electron chi connectivity index (χ3n) is 5.90. The fourth-order valence-corrected chi connectivity index (χ4v) is 4.55. The van der Waals surface area contributed by atoms with Gasteiger partial charge in [0.25, 0.3) is 5.91 Å². The van der Waals surface area contributed by atoms with Crippen LogP contribution in [0.15, 0.2) is 24.3 Å². The Morgan fingerprint density at radius 3 is 2.39 bits per heavy atom. The quantitative estimate of drug-likeness (QED) is 0.632. The molecular formula is C25H36N4O3S. The van der Waals surface area contributed by atoms with Crippen LogP contribution in [0.1, 0.15) is 53.7 Å². The molecular weight excluding hydrogens is 436 g/mol. The van der Waals surface area contributed by atoms with Crippen LogP contribution in [0.2, 0.25) is 0 Å².